The van der Waals surface area contributed by atoms with Crippen LogP contribution in [0.25, 0.3) is 0 Å². The van der Waals surface area contributed by atoms with Gasteiger partial charge in [0.2, 0.25) is 0 Å². The summed E-state index contributed by atoms with van der Waals surface area (Å²) in [6, 6.07) is 2.18. The molecular weight excluding hydrogens is 276 g/mol. The molecule has 0 saturated carbocycles. The third-order valence-electron chi connectivity index (χ3n) is 4.30. The summed E-state index contributed by atoms with van der Waals surface area (Å²) in [5.74, 6) is 0. The summed E-state index contributed by atoms with van der Waals surface area (Å²) in [5.41, 5.74) is 0. The van der Waals surface area contributed by atoms with Crippen LogP contribution >= 0.6 is 0 Å². The van der Waals surface area contributed by atoms with Crippen molar-refractivity contribution in [2.24, 2.45) is 0 Å². The first-order valence-electron chi connectivity index (χ1n) is 9.52. The second-order valence-corrected chi connectivity index (χ2v) is 9.96. The topological polar surface area (TPSA) is 18.5 Å². The maximum absolute atomic E-state index is 6.25. The van der Waals surface area contributed by atoms with E-state index in [2.05, 4.69) is 27.7 Å². The molecule has 2 nitrogen and oxygen atoms in total. The SMILES string of the molecule is CCCCCCCCCO[Si](CC)(CC)OCCCCC. The average Bonchev–Trinajstić information content (AvgIpc) is 2.52. The number of rotatable bonds is 16. The van der Waals surface area contributed by atoms with E-state index in [0.717, 1.165) is 25.3 Å². The van der Waals surface area contributed by atoms with Crippen LogP contribution < -0.4 is 0 Å². The van der Waals surface area contributed by atoms with Crippen LogP contribution in [0.15, 0.2) is 0 Å². The molecule has 21 heavy (non-hydrogen) atoms. The van der Waals surface area contributed by atoms with Crippen molar-refractivity contribution < 1.29 is 8.85 Å². The van der Waals surface area contributed by atoms with Gasteiger partial charge in [0.25, 0.3) is 0 Å². The third-order valence-corrected chi connectivity index (χ3v) is 7.92. The number of hydrogen-bond donors (Lipinski definition) is 0. The van der Waals surface area contributed by atoms with Gasteiger partial charge in [-0.1, -0.05) is 79.1 Å². The lowest BCUT2D eigenvalue weighted by Crippen LogP contribution is -2.41. The van der Waals surface area contributed by atoms with Gasteiger partial charge in [-0.3, -0.25) is 0 Å². The van der Waals surface area contributed by atoms with E-state index in [-0.39, 0.29) is 0 Å². The van der Waals surface area contributed by atoms with E-state index in [9.17, 15) is 0 Å². The Labute approximate surface area is 135 Å². The lowest BCUT2D eigenvalue weighted by atomic mass is 10.1. The van der Waals surface area contributed by atoms with Crippen LogP contribution in [-0.4, -0.2) is 21.8 Å². The van der Waals surface area contributed by atoms with Crippen LogP contribution in [0.4, 0.5) is 0 Å². The molecule has 0 aromatic rings. The van der Waals surface area contributed by atoms with Crippen molar-refractivity contribution >= 4 is 8.56 Å². The molecule has 0 aromatic carbocycles. The summed E-state index contributed by atoms with van der Waals surface area (Å²) in [5, 5.41) is 0. The molecule has 0 saturated heterocycles. The highest BCUT2D eigenvalue weighted by Crippen LogP contribution is 2.20. The van der Waals surface area contributed by atoms with Gasteiger partial charge in [-0.25, -0.2) is 0 Å². The molecule has 0 radical (unpaired) electrons. The Morgan fingerprint density at radius 1 is 0.524 bits per heavy atom. The highest BCUT2D eigenvalue weighted by atomic mass is 28.4. The molecule has 0 heterocycles. The van der Waals surface area contributed by atoms with Crippen LogP contribution in [0.3, 0.4) is 0 Å². The van der Waals surface area contributed by atoms with E-state index in [0.29, 0.717) is 0 Å². The van der Waals surface area contributed by atoms with Crippen molar-refractivity contribution in [3.8, 4) is 0 Å². The zero-order valence-electron chi connectivity index (χ0n) is 15.2. The van der Waals surface area contributed by atoms with E-state index in [4.69, 9.17) is 8.85 Å². The molecule has 0 aromatic heterocycles. The van der Waals surface area contributed by atoms with Gasteiger partial charge in [-0.05, 0) is 24.9 Å². The molecule has 0 bridgehead atoms. The van der Waals surface area contributed by atoms with Gasteiger partial charge in [-0.2, -0.15) is 0 Å². The molecule has 0 fully saturated rings. The molecule has 0 amide bonds. The Hall–Kier alpha value is 0.137. The van der Waals surface area contributed by atoms with Gasteiger partial charge >= 0.3 is 8.56 Å². The standard InChI is InChI=1S/C18H40O2Si/c1-5-9-11-12-13-14-16-18-20-21(7-3,8-4)19-17-15-10-6-2/h5-18H2,1-4H3. The minimum atomic E-state index is -1.87. The molecule has 0 N–H and O–H groups in total. The van der Waals surface area contributed by atoms with E-state index in [1.165, 1.54) is 64.2 Å². The molecule has 0 aliphatic heterocycles. The van der Waals surface area contributed by atoms with Crippen LogP contribution in [0.1, 0.15) is 91.9 Å². The molecule has 0 unspecified atom stereocenters. The van der Waals surface area contributed by atoms with Gasteiger partial charge in [0.1, 0.15) is 0 Å². The van der Waals surface area contributed by atoms with E-state index >= 15 is 0 Å². The largest absolute Gasteiger partial charge is 0.394 e. The number of hydrogen-bond acceptors (Lipinski definition) is 2. The fourth-order valence-electron chi connectivity index (χ4n) is 2.63. The fourth-order valence-corrected chi connectivity index (χ4v) is 5.06. The maximum atomic E-state index is 6.25. The Kier molecular flexibility index (Phi) is 15.1. The van der Waals surface area contributed by atoms with E-state index in [1.54, 1.807) is 0 Å². The van der Waals surface area contributed by atoms with Gasteiger partial charge in [-0.15, -0.1) is 0 Å². The monoisotopic (exact) mass is 316 g/mol. The molecule has 0 atom stereocenters. The summed E-state index contributed by atoms with van der Waals surface area (Å²) in [7, 11) is -1.87. The third kappa shape index (κ3) is 11.4. The van der Waals surface area contributed by atoms with Crippen molar-refractivity contribution in [1.82, 2.24) is 0 Å². The Morgan fingerprint density at radius 2 is 0.905 bits per heavy atom. The first-order chi connectivity index (χ1) is 10.2. The molecule has 128 valence electrons. The van der Waals surface area contributed by atoms with Crippen LogP contribution in [0, 0.1) is 0 Å². The zero-order valence-corrected chi connectivity index (χ0v) is 16.2. The highest BCUT2D eigenvalue weighted by Gasteiger charge is 2.33. The van der Waals surface area contributed by atoms with Crippen LogP contribution in [0.5, 0.6) is 0 Å². The maximum Gasteiger partial charge on any atom is 0.337 e. The number of unbranched alkanes of at least 4 members (excludes halogenated alkanes) is 8. The van der Waals surface area contributed by atoms with Crippen molar-refractivity contribution in [1.29, 1.82) is 0 Å². The average molecular weight is 317 g/mol. The summed E-state index contributed by atoms with van der Waals surface area (Å²) >= 11 is 0. The fraction of sp³-hybridized carbons (Fsp3) is 1.00. The van der Waals surface area contributed by atoms with E-state index in [1.807, 2.05) is 0 Å². The lowest BCUT2D eigenvalue weighted by Gasteiger charge is -2.29. The first kappa shape index (κ1) is 21.1. The second-order valence-electron chi connectivity index (χ2n) is 6.14. The van der Waals surface area contributed by atoms with Crippen molar-refractivity contribution in [3.63, 3.8) is 0 Å². The summed E-state index contributed by atoms with van der Waals surface area (Å²) < 4.78 is 12.5. The molecular formula is C18H40O2Si. The van der Waals surface area contributed by atoms with Gasteiger partial charge in [0, 0.05) is 13.2 Å². The van der Waals surface area contributed by atoms with Gasteiger partial charge < -0.3 is 8.85 Å². The molecule has 0 rings (SSSR count). The zero-order chi connectivity index (χ0) is 15.8. The molecule has 0 aliphatic carbocycles. The van der Waals surface area contributed by atoms with Gasteiger partial charge in [0.05, 0.1) is 0 Å². The molecule has 0 spiro atoms. The second kappa shape index (κ2) is 15.0. The Morgan fingerprint density at radius 3 is 1.38 bits per heavy atom. The van der Waals surface area contributed by atoms with Gasteiger partial charge in [0.15, 0.2) is 0 Å². The smallest absolute Gasteiger partial charge is 0.337 e. The molecule has 3 heteroatoms. The highest BCUT2D eigenvalue weighted by molar-refractivity contribution is 6.67. The first-order valence-corrected chi connectivity index (χ1v) is 11.8. The summed E-state index contributed by atoms with van der Waals surface area (Å²) in [6.07, 6.45) is 13.1. The normalized spacial score (nSPS) is 12.0. The van der Waals surface area contributed by atoms with Crippen molar-refractivity contribution in [2.75, 3.05) is 13.2 Å². The lowest BCUT2D eigenvalue weighted by molar-refractivity contribution is 0.163. The predicted octanol–water partition coefficient (Wildman–Crippen LogP) is 6.44. The predicted molar refractivity (Wildman–Crippen MR) is 96.1 cm³/mol. The summed E-state index contributed by atoms with van der Waals surface area (Å²) in [4.78, 5) is 0. The summed E-state index contributed by atoms with van der Waals surface area (Å²) in [6.45, 7) is 10.8. The van der Waals surface area contributed by atoms with E-state index < -0.39 is 8.56 Å². The minimum absolute atomic E-state index is 0.902. The Balaban J connectivity index is 3.72. The quantitative estimate of drug-likeness (QED) is 0.241. The van der Waals surface area contributed by atoms with Crippen LogP contribution in [0.2, 0.25) is 12.1 Å². The Bertz CT molecular complexity index is 205. The molecule has 0 aliphatic rings. The van der Waals surface area contributed by atoms with Crippen molar-refractivity contribution in [2.45, 2.75) is 104 Å². The van der Waals surface area contributed by atoms with Crippen molar-refractivity contribution in [3.05, 3.63) is 0 Å². The minimum Gasteiger partial charge on any atom is -0.394 e. The van der Waals surface area contributed by atoms with Crippen LogP contribution in [-0.2, 0) is 8.85 Å².